The summed E-state index contributed by atoms with van der Waals surface area (Å²) in [6.45, 7) is 2.24. The minimum atomic E-state index is -0.426. The lowest BCUT2D eigenvalue weighted by Crippen LogP contribution is -2.32. The molecule has 1 aliphatic rings. The number of hydrogen-bond acceptors (Lipinski definition) is 6. The van der Waals surface area contributed by atoms with Gasteiger partial charge in [-0.05, 0) is 115 Å². The van der Waals surface area contributed by atoms with Crippen LogP contribution in [0.25, 0.3) is 0 Å². The molecule has 0 aromatic heterocycles. The van der Waals surface area contributed by atoms with Gasteiger partial charge in [-0.25, -0.2) is 0 Å². The average molecular weight is 657 g/mol. The molecule has 8 heteroatoms. The fourth-order valence-electron chi connectivity index (χ4n) is 6.95. The molecule has 1 fully saturated rings. The van der Waals surface area contributed by atoms with Crippen molar-refractivity contribution >= 4 is 11.4 Å². The molecule has 0 radical (unpaired) electrons. The Hall–Kier alpha value is -5.50. The number of nitrogens with zero attached hydrogens (tertiary/aromatic N) is 2. The Morgan fingerprint density at radius 2 is 1.00 bits per heavy atom. The van der Waals surface area contributed by atoms with E-state index in [2.05, 4.69) is 55.5 Å². The molecule has 0 heterocycles. The third kappa shape index (κ3) is 7.97. The van der Waals surface area contributed by atoms with E-state index in [1.54, 1.807) is 24.3 Å². The smallest absolute Gasteiger partial charge is 0.269 e. The van der Waals surface area contributed by atoms with Crippen molar-refractivity contribution in [2.24, 2.45) is 0 Å². The Labute approximate surface area is 286 Å². The van der Waals surface area contributed by atoms with E-state index in [1.807, 2.05) is 24.3 Å². The van der Waals surface area contributed by atoms with Crippen molar-refractivity contribution in [3.63, 3.8) is 0 Å². The van der Waals surface area contributed by atoms with Gasteiger partial charge < -0.3 is 9.47 Å². The molecule has 0 amide bonds. The molecule has 5 aromatic carbocycles. The number of hydrogen-bond donors (Lipinski definition) is 0. The van der Waals surface area contributed by atoms with Gasteiger partial charge >= 0.3 is 0 Å². The first-order valence-electron chi connectivity index (χ1n) is 17.0. The molecule has 0 N–H and O–H groups in total. The molecule has 0 saturated heterocycles. The molecule has 0 unspecified atom stereocenters. The average Bonchev–Trinajstić information content (AvgIpc) is 3.13. The topological polar surface area (TPSA) is 105 Å². The van der Waals surface area contributed by atoms with Gasteiger partial charge in [-0.3, -0.25) is 20.2 Å². The van der Waals surface area contributed by atoms with E-state index in [0.717, 1.165) is 32.1 Å². The van der Waals surface area contributed by atoms with Crippen molar-refractivity contribution in [2.75, 3.05) is 0 Å². The molecular formula is C41H40N2O6. The van der Waals surface area contributed by atoms with Crippen LogP contribution in [0.1, 0.15) is 80.0 Å². The number of rotatable bonds is 13. The van der Waals surface area contributed by atoms with Crippen molar-refractivity contribution in [3.8, 4) is 23.0 Å². The lowest BCUT2D eigenvalue weighted by Gasteiger charge is -2.41. The Morgan fingerprint density at radius 3 is 1.39 bits per heavy atom. The summed E-state index contributed by atoms with van der Waals surface area (Å²) in [6.07, 6.45) is 8.91. The number of benzene rings is 5. The predicted molar refractivity (Wildman–Crippen MR) is 191 cm³/mol. The third-order valence-corrected chi connectivity index (χ3v) is 9.74. The van der Waals surface area contributed by atoms with Gasteiger partial charge in [-0.15, -0.1) is 0 Å². The largest absolute Gasteiger partial charge is 0.457 e. The summed E-state index contributed by atoms with van der Waals surface area (Å²) >= 11 is 0. The summed E-state index contributed by atoms with van der Waals surface area (Å²) < 4.78 is 12.1. The van der Waals surface area contributed by atoms with Crippen molar-refractivity contribution < 1.29 is 19.3 Å². The quantitative estimate of drug-likeness (QED) is 0.0709. The van der Waals surface area contributed by atoms with Crippen LogP contribution < -0.4 is 9.47 Å². The van der Waals surface area contributed by atoms with E-state index in [4.69, 9.17) is 9.47 Å². The van der Waals surface area contributed by atoms with E-state index in [9.17, 15) is 20.2 Å². The summed E-state index contributed by atoms with van der Waals surface area (Å²) in [7, 11) is 0. The highest BCUT2D eigenvalue weighted by Gasteiger charge is 2.39. The lowest BCUT2D eigenvalue weighted by atomic mass is 9.62. The maximum Gasteiger partial charge on any atom is 0.269 e. The molecule has 6 rings (SSSR count). The standard InChI is InChI=1S/C41H40N2O6/c1-2-3-4-5-30-6-8-31(9-7-30)32-26-28-41(29-27-32,33-10-18-37(19-11-33)48-39-22-14-35(15-23-39)42(44)45)34-12-20-38(21-13-34)49-40-24-16-36(17-25-40)43(46)47/h6-25,32H,2-5,26-29H2,1H3. The van der Waals surface area contributed by atoms with Crippen molar-refractivity contribution in [3.05, 3.63) is 164 Å². The number of nitro benzene ring substituents is 2. The van der Waals surface area contributed by atoms with Gasteiger partial charge in [-0.2, -0.15) is 0 Å². The normalized spacial score (nSPS) is 14.2. The molecule has 1 saturated carbocycles. The van der Waals surface area contributed by atoms with Crippen LogP contribution in [0.5, 0.6) is 23.0 Å². The van der Waals surface area contributed by atoms with Crippen LogP contribution in [0.2, 0.25) is 0 Å². The number of non-ortho nitro benzene ring substituents is 2. The highest BCUT2D eigenvalue weighted by atomic mass is 16.6. The van der Waals surface area contributed by atoms with E-state index in [1.165, 1.54) is 65.8 Å². The van der Waals surface area contributed by atoms with E-state index < -0.39 is 9.85 Å². The first-order chi connectivity index (χ1) is 23.8. The summed E-state index contributed by atoms with van der Waals surface area (Å²) in [5.74, 6) is 2.88. The molecule has 0 bridgehead atoms. The van der Waals surface area contributed by atoms with E-state index in [0.29, 0.717) is 28.9 Å². The van der Waals surface area contributed by atoms with Gasteiger partial charge in [0.2, 0.25) is 0 Å². The Balaban J connectivity index is 1.22. The number of ether oxygens (including phenoxy) is 2. The monoisotopic (exact) mass is 656 g/mol. The molecule has 0 aliphatic heterocycles. The maximum atomic E-state index is 11.0. The zero-order valence-electron chi connectivity index (χ0n) is 27.6. The minimum Gasteiger partial charge on any atom is -0.457 e. The van der Waals surface area contributed by atoms with Crippen molar-refractivity contribution in [1.82, 2.24) is 0 Å². The summed E-state index contributed by atoms with van der Waals surface area (Å²) in [6, 6.07) is 37.8. The Kier molecular flexibility index (Phi) is 10.3. The third-order valence-electron chi connectivity index (χ3n) is 9.74. The van der Waals surface area contributed by atoms with E-state index >= 15 is 0 Å². The molecular weight excluding hydrogens is 616 g/mol. The summed E-state index contributed by atoms with van der Waals surface area (Å²) in [4.78, 5) is 21.2. The van der Waals surface area contributed by atoms with Crippen LogP contribution in [-0.2, 0) is 11.8 Å². The summed E-state index contributed by atoms with van der Waals surface area (Å²) in [5.41, 5.74) is 5.06. The molecule has 8 nitrogen and oxygen atoms in total. The zero-order chi connectivity index (χ0) is 34.2. The maximum absolute atomic E-state index is 11.0. The highest BCUT2D eigenvalue weighted by Crippen LogP contribution is 2.49. The molecule has 0 atom stereocenters. The van der Waals surface area contributed by atoms with Gasteiger partial charge in [-0.1, -0.05) is 68.3 Å². The predicted octanol–water partition coefficient (Wildman–Crippen LogP) is 11.5. The van der Waals surface area contributed by atoms with Crippen molar-refractivity contribution in [2.45, 2.75) is 69.6 Å². The molecule has 49 heavy (non-hydrogen) atoms. The number of aryl methyl sites for hydroxylation is 1. The number of unbranched alkanes of at least 4 members (excludes halogenated alkanes) is 2. The zero-order valence-corrected chi connectivity index (χ0v) is 27.6. The van der Waals surface area contributed by atoms with Crippen LogP contribution in [-0.4, -0.2) is 9.85 Å². The minimum absolute atomic E-state index is 0.0207. The van der Waals surface area contributed by atoms with Gasteiger partial charge in [0.15, 0.2) is 0 Å². The number of nitro groups is 2. The molecule has 250 valence electrons. The summed E-state index contributed by atoms with van der Waals surface area (Å²) in [5, 5.41) is 22.1. The van der Waals surface area contributed by atoms with Crippen LogP contribution in [0.4, 0.5) is 11.4 Å². The Morgan fingerprint density at radius 1 is 0.592 bits per heavy atom. The van der Waals surface area contributed by atoms with Gasteiger partial charge in [0.05, 0.1) is 9.85 Å². The first-order valence-corrected chi connectivity index (χ1v) is 17.0. The molecule has 1 aliphatic carbocycles. The van der Waals surface area contributed by atoms with Crippen LogP contribution in [0, 0.1) is 20.2 Å². The van der Waals surface area contributed by atoms with Gasteiger partial charge in [0, 0.05) is 29.7 Å². The Bertz CT molecular complexity index is 1740. The van der Waals surface area contributed by atoms with Crippen LogP contribution in [0.3, 0.4) is 0 Å². The van der Waals surface area contributed by atoms with Gasteiger partial charge in [0.25, 0.3) is 11.4 Å². The second kappa shape index (κ2) is 15.2. The molecule has 0 spiro atoms. The fourth-order valence-corrected chi connectivity index (χ4v) is 6.95. The SMILES string of the molecule is CCCCCc1ccc(C2CCC(c3ccc(Oc4ccc([N+](=O)[O-])cc4)cc3)(c3ccc(Oc4ccc([N+](=O)[O-])cc4)cc3)CC2)cc1. The second-order valence-corrected chi connectivity index (χ2v) is 12.8. The van der Waals surface area contributed by atoms with Crippen LogP contribution in [0.15, 0.2) is 121 Å². The fraction of sp³-hybridized carbons (Fsp3) is 0.268. The van der Waals surface area contributed by atoms with Crippen molar-refractivity contribution in [1.29, 1.82) is 0 Å². The molecule has 5 aromatic rings. The van der Waals surface area contributed by atoms with E-state index in [-0.39, 0.29) is 16.8 Å². The van der Waals surface area contributed by atoms with Crippen LogP contribution >= 0.6 is 0 Å². The highest BCUT2D eigenvalue weighted by molar-refractivity contribution is 5.47. The first kappa shape index (κ1) is 33.4. The lowest BCUT2D eigenvalue weighted by molar-refractivity contribution is -0.385. The second-order valence-electron chi connectivity index (χ2n) is 12.8. The van der Waals surface area contributed by atoms with Gasteiger partial charge in [0.1, 0.15) is 23.0 Å².